The summed E-state index contributed by atoms with van der Waals surface area (Å²) < 4.78 is 0.977. The first-order valence-electron chi connectivity index (χ1n) is 7.66. The highest BCUT2D eigenvalue weighted by Crippen LogP contribution is 2.25. The third-order valence-electron chi connectivity index (χ3n) is 3.96. The SMILES string of the molecule is Cc1cc(-c2ccccc2)c(C#N)c(=O)n1C(=O)c1ccc(Cl)c(Cl)c1. The second kappa shape index (κ2) is 7.17. The highest BCUT2D eigenvalue weighted by atomic mass is 35.5. The molecule has 0 spiro atoms. The van der Waals surface area contributed by atoms with E-state index < -0.39 is 11.5 Å². The van der Waals surface area contributed by atoms with Crippen LogP contribution in [0.1, 0.15) is 21.6 Å². The molecule has 0 atom stereocenters. The van der Waals surface area contributed by atoms with Gasteiger partial charge < -0.3 is 0 Å². The van der Waals surface area contributed by atoms with Gasteiger partial charge >= 0.3 is 0 Å². The third kappa shape index (κ3) is 3.15. The van der Waals surface area contributed by atoms with E-state index >= 15 is 0 Å². The van der Waals surface area contributed by atoms with Crippen LogP contribution in [-0.4, -0.2) is 10.5 Å². The van der Waals surface area contributed by atoms with Crippen molar-refractivity contribution in [3.8, 4) is 17.2 Å². The van der Waals surface area contributed by atoms with Crippen molar-refractivity contribution >= 4 is 29.1 Å². The van der Waals surface area contributed by atoms with Crippen LogP contribution < -0.4 is 5.56 Å². The zero-order valence-corrected chi connectivity index (χ0v) is 15.2. The van der Waals surface area contributed by atoms with Crippen molar-refractivity contribution < 1.29 is 4.79 Å². The van der Waals surface area contributed by atoms with Gasteiger partial charge in [-0.15, -0.1) is 0 Å². The molecule has 0 unspecified atom stereocenters. The first kappa shape index (κ1) is 17.9. The van der Waals surface area contributed by atoms with Gasteiger partial charge in [0.25, 0.3) is 11.5 Å². The van der Waals surface area contributed by atoms with Crippen LogP contribution in [0.25, 0.3) is 11.1 Å². The molecule has 0 aliphatic heterocycles. The third-order valence-corrected chi connectivity index (χ3v) is 4.70. The molecule has 0 saturated heterocycles. The van der Waals surface area contributed by atoms with E-state index in [9.17, 15) is 14.9 Å². The predicted octanol–water partition coefficient (Wildman–Crippen LogP) is 4.69. The normalized spacial score (nSPS) is 10.4. The average molecular weight is 383 g/mol. The molecular formula is C20H12Cl2N2O2. The largest absolute Gasteiger partial charge is 0.276 e. The van der Waals surface area contributed by atoms with Crippen molar-refractivity contribution in [2.75, 3.05) is 0 Å². The summed E-state index contributed by atoms with van der Waals surface area (Å²) in [7, 11) is 0. The monoisotopic (exact) mass is 382 g/mol. The van der Waals surface area contributed by atoms with Gasteiger partial charge in [0.1, 0.15) is 11.6 Å². The quantitative estimate of drug-likeness (QED) is 0.645. The van der Waals surface area contributed by atoms with Crippen LogP contribution in [0.3, 0.4) is 0 Å². The first-order chi connectivity index (χ1) is 12.4. The number of aromatic nitrogens is 1. The number of hydrogen-bond acceptors (Lipinski definition) is 3. The zero-order valence-electron chi connectivity index (χ0n) is 13.7. The number of nitriles is 1. The molecule has 128 valence electrons. The van der Waals surface area contributed by atoms with Gasteiger partial charge in [-0.05, 0) is 36.8 Å². The number of carbonyl (C=O) groups is 1. The van der Waals surface area contributed by atoms with Gasteiger partial charge in [0.2, 0.25) is 0 Å². The fourth-order valence-electron chi connectivity index (χ4n) is 2.70. The Labute approximate surface area is 159 Å². The number of rotatable bonds is 2. The maximum atomic E-state index is 12.8. The number of benzene rings is 2. The molecular weight excluding hydrogens is 371 g/mol. The fourth-order valence-corrected chi connectivity index (χ4v) is 2.99. The van der Waals surface area contributed by atoms with Crippen LogP contribution in [0.15, 0.2) is 59.4 Å². The van der Waals surface area contributed by atoms with Gasteiger partial charge in [-0.25, -0.2) is 4.57 Å². The molecule has 1 aromatic heterocycles. The van der Waals surface area contributed by atoms with Gasteiger partial charge in [-0.1, -0.05) is 53.5 Å². The van der Waals surface area contributed by atoms with Crippen LogP contribution in [0, 0.1) is 18.3 Å². The van der Waals surface area contributed by atoms with E-state index in [1.54, 1.807) is 25.1 Å². The molecule has 2 aromatic carbocycles. The van der Waals surface area contributed by atoms with E-state index in [-0.39, 0.29) is 16.1 Å². The van der Waals surface area contributed by atoms with Crippen LogP contribution in [-0.2, 0) is 0 Å². The Kier molecular flexibility index (Phi) is 4.94. The Morgan fingerprint density at radius 2 is 1.73 bits per heavy atom. The second-order valence-electron chi connectivity index (χ2n) is 5.63. The maximum absolute atomic E-state index is 12.8. The zero-order chi connectivity index (χ0) is 18.8. The lowest BCUT2D eigenvalue weighted by atomic mass is 10.0. The summed E-state index contributed by atoms with van der Waals surface area (Å²) >= 11 is 11.8. The Morgan fingerprint density at radius 3 is 2.35 bits per heavy atom. The van der Waals surface area contributed by atoms with Gasteiger partial charge in [-0.3, -0.25) is 9.59 Å². The number of pyridine rings is 1. The summed E-state index contributed by atoms with van der Waals surface area (Å²) in [5.41, 5.74) is 1.11. The molecule has 0 radical (unpaired) electrons. The topological polar surface area (TPSA) is 62.9 Å². The Balaban J connectivity index is 2.21. The average Bonchev–Trinajstić information content (AvgIpc) is 2.64. The van der Waals surface area contributed by atoms with E-state index in [1.807, 2.05) is 24.3 Å². The lowest BCUT2D eigenvalue weighted by Crippen LogP contribution is -2.31. The summed E-state index contributed by atoms with van der Waals surface area (Å²) in [6, 6.07) is 17.0. The van der Waals surface area contributed by atoms with Crippen molar-refractivity contribution in [2.45, 2.75) is 6.92 Å². The minimum Gasteiger partial charge on any atom is -0.268 e. The van der Waals surface area contributed by atoms with E-state index in [0.717, 1.165) is 10.1 Å². The highest BCUT2D eigenvalue weighted by Gasteiger charge is 2.20. The summed E-state index contributed by atoms with van der Waals surface area (Å²) in [5, 5.41) is 10.0. The number of nitrogens with zero attached hydrogens (tertiary/aromatic N) is 2. The first-order valence-corrected chi connectivity index (χ1v) is 8.41. The number of hydrogen-bond donors (Lipinski definition) is 0. The fraction of sp³-hybridized carbons (Fsp3) is 0.0500. The van der Waals surface area contributed by atoms with Crippen LogP contribution in [0.2, 0.25) is 10.0 Å². The van der Waals surface area contributed by atoms with E-state index in [0.29, 0.717) is 16.3 Å². The minimum absolute atomic E-state index is 0.0878. The summed E-state index contributed by atoms with van der Waals surface area (Å²) in [5.74, 6) is -0.567. The second-order valence-corrected chi connectivity index (χ2v) is 6.44. The summed E-state index contributed by atoms with van der Waals surface area (Å²) in [6.45, 7) is 1.64. The lowest BCUT2D eigenvalue weighted by molar-refractivity contribution is 0.0953. The molecule has 0 amide bonds. The Bertz CT molecular complexity index is 1110. The minimum atomic E-state index is -0.664. The molecule has 0 saturated carbocycles. The smallest absolute Gasteiger partial charge is 0.268 e. The lowest BCUT2D eigenvalue weighted by Gasteiger charge is -2.13. The van der Waals surface area contributed by atoms with E-state index in [4.69, 9.17) is 23.2 Å². The maximum Gasteiger partial charge on any atom is 0.276 e. The molecule has 4 nitrogen and oxygen atoms in total. The molecule has 0 aliphatic carbocycles. The highest BCUT2D eigenvalue weighted by molar-refractivity contribution is 6.42. The molecule has 0 aliphatic rings. The van der Waals surface area contributed by atoms with Crippen LogP contribution >= 0.6 is 23.2 Å². The molecule has 0 N–H and O–H groups in total. The van der Waals surface area contributed by atoms with Gasteiger partial charge in [0.15, 0.2) is 0 Å². The van der Waals surface area contributed by atoms with Crippen LogP contribution in [0.4, 0.5) is 0 Å². The predicted molar refractivity (Wildman–Crippen MR) is 102 cm³/mol. The van der Waals surface area contributed by atoms with Crippen molar-refractivity contribution in [1.82, 2.24) is 4.57 Å². The number of carbonyl (C=O) groups excluding carboxylic acids is 1. The standard InChI is InChI=1S/C20H12Cl2N2O2/c1-12-9-15(13-5-3-2-4-6-13)16(11-23)20(26)24(12)19(25)14-7-8-17(21)18(22)10-14/h2-10H,1H3. The van der Waals surface area contributed by atoms with Gasteiger partial charge in [0, 0.05) is 16.8 Å². The number of halogens is 2. The Hall–Kier alpha value is -2.87. The van der Waals surface area contributed by atoms with Gasteiger partial charge in [-0.2, -0.15) is 5.26 Å². The Morgan fingerprint density at radius 1 is 1.04 bits per heavy atom. The van der Waals surface area contributed by atoms with Crippen LogP contribution in [0.5, 0.6) is 0 Å². The number of aryl methyl sites for hydroxylation is 1. The molecule has 6 heteroatoms. The van der Waals surface area contributed by atoms with Crippen molar-refractivity contribution in [3.05, 3.63) is 91.8 Å². The molecule has 26 heavy (non-hydrogen) atoms. The molecule has 1 heterocycles. The van der Waals surface area contributed by atoms with Gasteiger partial charge in [0.05, 0.1) is 10.0 Å². The molecule has 0 fully saturated rings. The van der Waals surface area contributed by atoms with E-state index in [1.165, 1.54) is 18.2 Å². The van der Waals surface area contributed by atoms with Crippen molar-refractivity contribution in [3.63, 3.8) is 0 Å². The van der Waals surface area contributed by atoms with E-state index in [2.05, 4.69) is 0 Å². The van der Waals surface area contributed by atoms with Crippen molar-refractivity contribution in [2.24, 2.45) is 0 Å². The summed E-state index contributed by atoms with van der Waals surface area (Å²) in [6.07, 6.45) is 0. The summed E-state index contributed by atoms with van der Waals surface area (Å²) in [4.78, 5) is 25.7. The molecule has 3 aromatic rings. The van der Waals surface area contributed by atoms with Crippen molar-refractivity contribution in [1.29, 1.82) is 5.26 Å². The molecule has 0 bridgehead atoms. The molecule has 3 rings (SSSR count).